The molecule has 0 unspecified atom stereocenters. The lowest BCUT2D eigenvalue weighted by molar-refractivity contribution is 0.123. The highest BCUT2D eigenvalue weighted by molar-refractivity contribution is 6.11. The molecule has 2 heterocycles. The number of aryl methyl sites for hydroxylation is 1. The van der Waals surface area contributed by atoms with Crippen LogP contribution in [0.5, 0.6) is 0 Å². The normalized spacial score (nSPS) is 14.9. The average Bonchev–Trinajstić information content (AvgIpc) is 2.86. The summed E-state index contributed by atoms with van der Waals surface area (Å²) >= 11 is 0. The van der Waals surface area contributed by atoms with E-state index >= 15 is 0 Å². The van der Waals surface area contributed by atoms with Gasteiger partial charge in [-0.25, -0.2) is 9.37 Å². The Labute approximate surface area is 201 Å². The lowest BCUT2D eigenvalue weighted by Crippen LogP contribution is -2.36. The molecule has 1 aromatic heterocycles. The second-order valence-electron chi connectivity index (χ2n) is 8.51. The molecule has 0 atom stereocenters. The number of anilines is 3. The Balaban J connectivity index is 1.91. The molecule has 178 valence electrons. The van der Waals surface area contributed by atoms with Crippen LogP contribution in [-0.2, 0) is 11.2 Å². The van der Waals surface area contributed by atoms with Gasteiger partial charge < -0.3 is 15.0 Å². The van der Waals surface area contributed by atoms with Gasteiger partial charge in [-0.05, 0) is 61.2 Å². The van der Waals surface area contributed by atoms with Gasteiger partial charge in [0.05, 0.1) is 41.5 Å². The van der Waals surface area contributed by atoms with Crippen molar-refractivity contribution in [2.24, 2.45) is 4.99 Å². The number of allylic oxidation sites excluding steroid dienone is 2. The van der Waals surface area contributed by atoms with Crippen molar-refractivity contribution in [2.45, 2.75) is 33.6 Å². The first-order valence-electron chi connectivity index (χ1n) is 12.0. The number of rotatable bonds is 7. The number of hydrogen-bond donors (Lipinski definition) is 1. The van der Waals surface area contributed by atoms with Gasteiger partial charge in [0.1, 0.15) is 5.82 Å². The molecule has 0 bridgehead atoms. The van der Waals surface area contributed by atoms with Gasteiger partial charge in [-0.1, -0.05) is 26.0 Å². The van der Waals surface area contributed by atoms with E-state index < -0.39 is 0 Å². The van der Waals surface area contributed by atoms with E-state index in [-0.39, 0.29) is 5.82 Å². The molecule has 1 aliphatic heterocycles. The number of aliphatic imine (C=N–C) groups is 1. The molecule has 2 aromatic carbocycles. The molecule has 1 fully saturated rings. The van der Waals surface area contributed by atoms with Crippen LogP contribution in [0.1, 0.15) is 37.1 Å². The molecule has 0 radical (unpaired) electrons. The number of fused-ring (bicyclic) bond motifs is 1. The molecule has 0 amide bonds. The summed E-state index contributed by atoms with van der Waals surface area (Å²) in [5.41, 5.74) is 7.78. The van der Waals surface area contributed by atoms with Gasteiger partial charge in [-0.2, -0.15) is 0 Å². The van der Waals surface area contributed by atoms with Crippen molar-refractivity contribution >= 4 is 39.8 Å². The van der Waals surface area contributed by atoms with E-state index in [0.717, 1.165) is 70.7 Å². The maximum absolute atomic E-state index is 14.4. The zero-order chi connectivity index (χ0) is 24.1. The Bertz CT molecular complexity index is 1230. The topological polar surface area (TPSA) is 49.8 Å². The summed E-state index contributed by atoms with van der Waals surface area (Å²) < 4.78 is 19.9. The summed E-state index contributed by atoms with van der Waals surface area (Å²) in [7, 11) is 1.76. The molecule has 4 rings (SSSR count). The van der Waals surface area contributed by atoms with Crippen molar-refractivity contribution < 1.29 is 9.13 Å². The fourth-order valence-electron chi connectivity index (χ4n) is 4.46. The maximum atomic E-state index is 14.4. The fourth-order valence-corrected chi connectivity index (χ4v) is 4.46. The highest BCUT2D eigenvalue weighted by Gasteiger charge is 2.19. The van der Waals surface area contributed by atoms with Crippen LogP contribution >= 0.6 is 0 Å². The molecule has 34 heavy (non-hydrogen) atoms. The number of morpholine rings is 1. The van der Waals surface area contributed by atoms with Crippen LogP contribution in [0, 0.1) is 12.7 Å². The minimum Gasteiger partial charge on any atom is -0.378 e. The Hall–Kier alpha value is -3.25. The van der Waals surface area contributed by atoms with E-state index in [2.05, 4.69) is 53.3 Å². The van der Waals surface area contributed by atoms with E-state index in [0.29, 0.717) is 13.2 Å². The van der Waals surface area contributed by atoms with Gasteiger partial charge >= 0.3 is 0 Å². The quantitative estimate of drug-likeness (QED) is 0.419. The summed E-state index contributed by atoms with van der Waals surface area (Å²) in [6.07, 6.45) is 5.77. The number of pyridine rings is 1. The molecular formula is C28H33FN4O. The van der Waals surface area contributed by atoms with Gasteiger partial charge in [-0.15, -0.1) is 0 Å². The highest BCUT2D eigenvalue weighted by Crippen LogP contribution is 2.37. The number of aromatic nitrogens is 1. The van der Waals surface area contributed by atoms with Gasteiger partial charge in [0, 0.05) is 37.3 Å². The summed E-state index contributed by atoms with van der Waals surface area (Å²) in [6, 6.07) is 11.3. The molecule has 1 saturated heterocycles. The first-order chi connectivity index (χ1) is 16.5. The van der Waals surface area contributed by atoms with Gasteiger partial charge in [-0.3, -0.25) is 4.99 Å². The molecule has 0 spiro atoms. The predicted molar refractivity (Wildman–Crippen MR) is 141 cm³/mol. The van der Waals surface area contributed by atoms with Crippen LogP contribution in [0.4, 0.5) is 21.5 Å². The standard InChI is InChI=1S/C28H33FN4O/c1-5-7-21(18-30-4)27-19(3)28(23-17-22(29)9-10-24(23)31-27)32-25-16-20(6-2)8-11-26(25)33-12-14-34-15-13-33/h7-11,16-18H,5-6,12-15H2,1-4H3,(H,31,32). The van der Waals surface area contributed by atoms with Crippen molar-refractivity contribution in [1.29, 1.82) is 0 Å². The molecular weight excluding hydrogens is 427 g/mol. The SMILES string of the molecule is CCC=C(C=NC)c1nc2ccc(F)cc2c(Nc2cc(CC)ccc2N2CCOCC2)c1C. The zero-order valence-electron chi connectivity index (χ0n) is 20.5. The van der Waals surface area contributed by atoms with Crippen LogP contribution in [0.3, 0.4) is 0 Å². The third kappa shape index (κ3) is 4.97. The van der Waals surface area contributed by atoms with Crippen LogP contribution in [0.25, 0.3) is 16.5 Å². The van der Waals surface area contributed by atoms with Crippen molar-refractivity contribution in [3.05, 3.63) is 65.1 Å². The molecule has 5 nitrogen and oxygen atoms in total. The summed E-state index contributed by atoms with van der Waals surface area (Å²) in [6.45, 7) is 9.39. The maximum Gasteiger partial charge on any atom is 0.124 e. The Kier molecular flexibility index (Phi) is 7.58. The number of benzene rings is 2. The van der Waals surface area contributed by atoms with Crippen molar-refractivity contribution in [3.8, 4) is 0 Å². The molecule has 3 aromatic rings. The van der Waals surface area contributed by atoms with E-state index in [1.165, 1.54) is 11.6 Å². The third-order valence-corrected chi connectivity index (χ3v) is 6.24. The number of nitrogens with zero attached hydrogens (tertiary/aromatic N) is 3. The van der Waals surface area contributed by atoms with E-state index in [9.17, 15) is 4.39 Å². The number of ether oxygens (including phenoxy) is 1. The Morgan fingerprint density at radius 2 is 1.97 bits per heavy atom. The van der Waals surface area contributed by atoms with Gasteiger partial charge in [0.15, 0.2) is 0 Å². The highest BCUT2D eigenvalue weighted by atomic mass is 19.1. The average molecular weight is 461 g/mol. The summed E-state index contributed by atoms with van der Waals surface area (Å²) in [5.74, 6) is -0.278. The first kappa shape index (κ1) is 23.9. The molecule has 0 saturated carbocycles. The minimum atomic E-state index is -0.278. The van der Waals surface area contributed by atoms with Gasteiger partial charge in [0.25, 0.3) is 0 Å². The fraction of sp³-hybridized carbons (Fsp3) is 0.357. The minimum absolute atomic E-state index is 0.278. The number of nitrogens with one attached hydrogen (secondary N) is 1. The molecule has 1 N–H and O–H groups in total. The lowest BCUT2D eigenvalue weighted by atomic mass is 10.0. The monoisotopic (exact) mass is 460 g/mol. The molecule has 6 heteroatoms. The van der Waals surface area contributed by atoms with Crippen LogP contribution < -0.4 is 10.2 Å². The smallest absolute Gasteiger partial charge is 0.124 e. The Morgan fingerprint density at radius 1 is 1.18 bits per heavy atom. The van der Waals surface area contributed by atoms with Crippen LogP contribution in [0.2, 0.25) is 0 Å². The van der Waals surface area contributed by atoms with E-state index in [1.807, 2.05) is 13.1 Å². The second-order valence-corrected chi connectivity index (χ2v) is 8.51. The van der Waals surface area contributed by atoms with Crippen LogP contribution in [-0.4, -0.2) is 44.5 Å². The number of halogens is 1. The number of hydrogen-bond acceptors (Lipinski definition) is 5. The first-order valence-corrected chi connectivity index (χ1v) is 12.0. The van der Waals surface area contributed by atoms with Crippen LogP contribution in [0.15, 0.2) is 47.5 Å². The second kappa shape index (κ2) is 10.8. The zero-order valence-corrected chi connectivity index (χ0v) is 20.5. The van der Waals surface area contributed by atoms with E-state index in [1.54, 1.807) is 19.2 Å². The Morgan fingerprint density at radius 3 is 2.68 bits per heavy atom. The molecule has 0 aliphatic carbocycles. The molecule has 1 aliphatic rings. The predicted octanol–water partition coefficient (Wildman–Crippen LogP) is 6.32. The van der Waals surface area contributed by atoms with Crippen molar-refractivity contribution in [1.82, 2.24) is 4.98 Å². The van der Waals surface area contributed by atoms with Crippen molar-refractivity contribution in [3.63, 3.8) is 0 Å². The van der Waals surface area contributed by atoms with E-state index in [4.69, 9.17) is 9.72 Å². The summed E-state index contributed by atoms with van der Waals surface area (Å²) in [5, 5.41) is 4.47. The lowest BCUT2D eigenvalue weighted by Gasteiger charge is -2.31. The van der Waals surface area contributed by atoms with Crippen molar-refractivity contribution in [2.75, 3.05) is 43.6 Å². The third-order valence-electron chi connectivity index (χ3n) is 6.24. The van der Waals surface area contributed by atoms with Gasteiger partial charge in [0.2, 0.25) is 0 Å². The summed E-state index contributed by atoms with van der Waals surface area (Å²) in [4.78, 5) is 11.5. The largest absolute Gasteiger partial charge is 0.378 e.